The Bertz CT molecular complexity index is 468. The number of nitrogens with two attached hydrogens (primary N) is 1. The minimum atomic E-state index is 0.0752. The molecule has 130 valence electrons. The van der Waals surface area contributed by atoms with Crippen molar-refractivity contribution in [1.29, 1.82) is 0 Å². The van der Waals surface area contributed by atoms with Crippen molar-refractivity contribution in [3.8, 4) is 0 Å². The quantitative estimate of drug-likeness (QED) is 0.304. The van der Waals surface area contributed by atoms with Crippen molar-refractivity contribution in [1.82, 2.24) is 9.97 Å². The third kappa shape index (κ3) is 8.16. The molecule has 1 aromatic heterocycles. The number of rotatable bonds is 13. The topological polar surface area (TPSA) is 80.9 Å². The highest BCUT2D eigenvalue weighted by Gasteiger charge is 2.10. The fourth-order valence-corrected chi connectivity index (χ4v) is 2.74. The molecule has 0 fully saturated rings. The second-order valence-electron chi connectivity index (χ2n) is 5.86. The number of nitrogen functional groups attached to an aromatic ring is 1. The maximum atomic E-state index is 11.0. The highest BCUT2D eigenvalue weighted by molar-refractivity contribution is 6.32. The van der Waals surface area contributed by atoms with Gasteiger partial charge < -0.3 is 11.1 Å². The van der Waals surface area contributed by atoms with E-state index in [4.69, 9.17) is 17.3 Å². The van der Waals surface area contributed by atoms with Crippen molar-refractivity contribution in [2.45, 2.75) is 71.1 Å². The van der Waals surface area contributed by atoms with Crippen molar-refractivity contribution < 1.29 is 4.79 Å². The van der Waals surface area contributed by atoms with Crippen LogP contribution < -0.4 is 11.1 Å². The fourth-order valence-electron chi connectivity index (χ4n) is 2.52. The zero-order valence-corrected chi connectivity index (χ0v) is 14.9. The summed E-state index contributed by atoms with van der Waals surface area (Å²) in [7, 11) is 0. The second kappa shape index (κ2) is 12.1. The first-order chi connectivity index (χ1) is 11.2. The van der Waals surface area contributed by atoms with Gasteiger partial charge >= 0.3 is 0 Å². The summed E-state index contributed by atoms with van der Waals surface area (Å²) in [4.78, 5) is 18.8. The summed E-state index contributed by atoms with van der Waals surface area (Å²) in [6, 6.07) is 0. The molecule has 0 saturated heterocycles. The molecule has 0 unspecified atom stereocenters. The Balaban J connectivity index is 2.10. The summed E-state index contributed by atoms with van der Waals surface area (Å²) in [6.45, 7) is 3.00. The van der Waals surface area contributed by atoms with Gasteiger partial charge in [-0.05, 0) is 6.42 Å². The van der Waals surface area contributed by atoms with Crippen LogP contribution in [0.2, 0.25) is 5.15 Å². The molecular formula is C17H29ClN4O. The second-order valence-corrected chi connectivity index (χ2v) is 6.22. The summed E-state index contributed by atoms with van der Waals surface area (Å²) in [5, 5.41) is 3.22. The molecule has 1 aromatic rings. The molecule has 0 spiro atoms. The number of hydrogen-bond donors (Lipinski definition) is 2. The van der Waals surface area contributed by atoms with Gasteiger partial charge in [-0.2, -0.15) is 4.98 Å². The Hall–Kier alpha value is -1.36. The van der Waals surface area contributed by atoms with Gasteiger partial charge in [-0.3, -0.25) is 4.79 Å². The van der Waals surface area contributed by atoms with E-state index >= 15 is 0 Å². The van der Waals surface area contributed by atoms with E-state index in [-0.39, 0.29) is 16.7 Å². The molecule has 5 nitrogen and oxygen atoms in total. The van der Waals surface area contributed by atoms with Crippen molar-refractivity contribution in [2.24, 2.45) is 0 Å². The molecule has 0 aliphatic carbocycles. The number of carbonyl (C=O) groups is 1. The Morgan fingerprint density at radius 3 is 2.13 bits per heavy atom. The summed E-state index contributed by atoms with van der Waals surface area (Å²) in [5.74, 6) is 0.500. The van der Waals surface area contributed by atoms with Crippen LogP contribution in [0.15, 0.2) is 0 Å². The minimum Gasteiger partial charge on any atom is -0.369 e. The summed E-state index contributed by atoms with van der Waals surface area (Å²) < 4.78 is 0. The van der Waals surface area contributed by atoms with Gasteiger partial charge in [0.05, 0.1) is 5.56 Å². The number of carbonyl (C=O) groups excluding carboxylic acids is 1. The first kappa shape index (κ1) is 19.7. The van der Waals surface area contributed by atoms with Gasteiger partial charge in [-0.25, -0.2) is 4.98 Å². The number of anilines is 2. The average molecular weight is 341 g/mol. The van der Waals surface area contributed by atoms with E-state index in [1.165, 1.54) is 57.8 Å². The molecule has 1 rings (SSSR count). The molecule has 0 aliphatic rings. The third-order valence-electron chi connectivity index (χ3n) is 3.86. The monoisotopic (exact) mass is 340 g/mol. The van der Waals surface area contributed by atoms with E-state index in [1.807, 2.05) is 0 Å². The lowest BCUT2D eigenvalue weighted by Crippen LogP contribution is -2.09. The SMILES string of the molecule is CCCCCCCCCCCCNc1nc(N)nc(Cl)c1C=O. The van der Waals surface area contributed by atoms with Gasteiger partial charge in [-0.1, -0.05) is 76.3 Å². The number of aromatic nitrogens is 2. The standard InChI is InChI=1S/C17H29ClN4O/c1-2-3-4-5-6-7-8-9-10-11-12-20-16-14(13-23)15(18)21-17(19)22-16/h13H,2-12H2,1H3,(H3,19,20,21,22). The number of hydrogen-bond acceptors (Lipinski definition) is 5. The summed E-state index contributed by atoms with van der Waals surface area (Å²) >= 11 is 5.88. The molecular weight excluding hydrogens is 312 g/mol. The molecule has 0 atom stereocenters. The molecule has 0 saturated carbocycles. The first-order valence-corrected chi connectivity index (χ1v) is 9.09. The van der Waals surface area contributed by atoms with Gasteiger partial charge in [0.25, 0.3) is 0 Å². The van der Waals surface area contributed by atoms with Crippen LogP contribution in [0.25, 0.3) is 0 Å². The predicted molar refractivity (Wildman–Crippen MR) is 97.2 cm³/mol. The number of unbranched alkanes of at least 4 members (excludes halogenated alkanes) is 9. The van der Waals surface area contributed by atoms with Crippen LogP contribution in [0.3, 0.4) is 0 Å². The highest BCUT2D eigenvalue weighted by Crippen LogP contribution is 2.20. The lowest BCUT2D eigenvalue weighted by atomic mass is 10.1. The molecule has 0 aliphatic heterocycles. The van der Waals surface area contributed by atoms with Gasteiger partial charge in [0, 0.05) is 6.54 Å². The van der Waals surface area contributed by atoms with Crippen LogP contribution in [-0.4, -0.2) is 22.8 Å². The van der Waals surface area contributed by atoms with E-state index in [2.05, 4.69) is 22.2 Å². The Labute approximate surface area is 144 Å². The van der Waals surface area contributed by atoms with Crippen LogP contribution in [-0.2, 0) is 0 Å². The summed E-state index contributed by atoms with van der Waals surface area (Å²) in [5.41, 5.74) is 5.82. The predicted octanol–water partition coefficient (Wildman–Crippen LogP) is 4.86. The Kier molecular flexibility index (Phi) is 10.4. The molecule has 0 amide bonds. The largest absolute Gasteiger partial charge is 0.369 e. The van der Waals surface area contributed by atoms with Gasteiger partial charge in [0.1, 0.15) is 11.0 Å². The number of nitrogens with zero attached hydrogens (tertiary/aromatic N) is 2. The van der Waals surface area contributed by atoms with E-state index in [1.54, 1.807) is 0 Å². The van der Waals surface area contributed by atoms with Gasteiger partial charge in [0.15, 0.2) is 6.29 Å². The zero-order chi connectivity index (χ0) is 16.9. The van der Waals surface area contributed by atoms with E-state index < -0.39 is 0 Å². The molecule has 23 heavy (non-hydrogen) atoms. The van der Waals surface area contributed by atoms with Gasteiger partial charge in [-0.15, -0.1) is 0 Å². The fraction of sp³-hybridized carbons (Fsp3) is 0.706. The summed E-state index contributed by atoms with van der Waals surface area (Å²) in [6.07, 6.45) is 13.5. The van der Waals surface area contributed by atoms with Crippen LogP contribution in [0.4, 0.5) is 11.8 Å². The van der Waals surface area contributed by atoms with Crippen molar-refractivity contribution >= 4 is 29.7 Å². The third-order valence-corrected chi connectivity index (χ3v) is 4.15. The zero-order valence-electron chi connectivity index (χ0n) is 14.1. The number of nitrogens with one attached hydrogen (secondary N) is 1. The van der Waals surface area contributed by atoms with Crippen LogP contribution in [0.1, 0.15) is 81.5 Å². The smallest absolute Gasteiger partial charge is 0.223 e. The number of aldehydes is 1. The minimum absolute atomic E-state index is 0.0752. The molecule has 3 N–H and O–H groups in total. The molecule has 0 aromatic carbocycles. The Morgan fingerprint density at radius 1 is 1.00 bits per heavy atom. The van der Waals surface area contributed by atoms with Crippen molar-refractivity contribution in [3.63, 3.8) is 0 Å². The van der Waals surface area contributed by atoms with Crippen LogP contribution >= 0.6 is 11.6 Å². The van der Waals surface area contributed by atoms with Gasteiger partial charge in [0.2, 0.25) is 5.95 Å². The van der Waals surface area contributed by atoms with E-state index in [0.717, 1.165) is 13.0 Å². The highest BCUT2D eigenvalue weighted by atomic mass is 35.5. The average Bonchev–Trinajstić information content (AvgIpc) is 2.52. The van der Waals surface area contributed by atoms with Crippen LogP contribution in [0.5, 0.6) is 0 Å². The number of halogens is 1. The van der Waals surface area contributed by atoms with Crippen molar-refractivity contribution in [2.75, 3.05) is 17.6 Å². The first-order valence-electron chi connectivity index (χ1n) is 8.71. The maximum absolute atomic E-state index is 11.0. The van der Waals surface area contributed by atoms with Crippen LogP contribution in [0, 0.1) is 0 Å². The molecule has 0 bridgehead atoms. The van der Waals surface area contributed by atoms with E-state index in [0.29, 0.717) is 12.1 Å². The Morgan fingerprint density at radius 2 is 1.57 bits per heavy atom. The lowest BCUT2D eigenvalue weighted by Gasteiger charge is -2.09. The lowest BCUT2D eigenvalue weighted by molar-refractivity contribution is 0.112. The maximum Gasteiger partial charge on any atom is 0.223 e. The van der Waals surface area contributed by atoms with E-state index in [9.17, 15) is 4.79 Å². The van der Waals surface area contributed by atoms with Crippen molar-refractivity contribution in [3.05, 3.63) is 10.7 Å². The molecule has 1 heterocycles. The molecule has 0 radical (unpaired) electrons. The molecule has 6 heteroatoms. The normalized spacial score (nSPS) is 10.7.